The Morgan fingerprint density at radius 3 is 2.63 bits per heavy atom. The smallest absolute Gasteiger partial charge is 0.320 e. The number of carbonyl (C=O) groups excluding carboxylic acids is 1. The molecule has 3 N–H and O–H groups in total. The van der Waals surface area contributed by atoms with Crippen LogP contribution in [0.4, 0.5) is 16.6 Å². The minimum absolute atomic E-state index is 0.0808. The zero-order valence-electron chi connectivity index (χ0n) is 22.5. The summed E-state index contributed by atoms with van der Waals surface area (Å²) < 4.78 is 3.38. The monoisotopic (exact) mass is 515 g/mol. The van der Waals surface area contributed by atoms with E-state index in [1.54, 1.807) is 34.9 Å². The highest BCUT2D eigenvalue weighted by Crippen LogP contribution is 2.40. The van der Waals surface area contributed by atoms with Gasteiger partial charge in [0.2, 0.25) is 5.95 Å². The van der Waals surface area contributed by atoms with E-state index in [2.05, 4.69) is 51.7 Å². The van der Waals surface area contributed by atoms with E-state index < -0.39 is 0 Å². The molecule has 2 amide bonds. The quantitative estimate of drug-likeness (QED) is 0.354. The van der Waals surface area contributed by atoms with Crippen molar-refractivity contribution in [2.45, 2.75) is 64.5 Å². The maximum Gasteiger partial charge on any atom is 0.320 e. The second kappa shape index (κ2) is 9.55. The molecule has 1 fully saturated rings. The third kappa shape index (κ3) is 4.83. The molecule has 0 spiro atoms. The highest BCUT2D eigenvalue weighted by Gasteiger charge is 2.42. The lowest BCUT2D eigenvalue weighted by atomic mass is 9.92. The van der Waals surface area contributed by atoms with E-state index in [9.17, 15) is 9.59 Å². The first-order valence-corrected chi connectivity index (χ1v) is 12.7. The molecule has 1 saturated carbocycles. The molecular weight excluding hydrogens is 482 g/mol. The molecular formula is C27H33N9O2. The Balaban J connectivity index is 1.37. The third-order valence-corrected chi connectivity index (χ3v) is 6.66. The number of anilines is 2. The number of nitrogens with one attached hydrogen (secondary N) is 3. The zero-order valence-corrected chi connectivity index (χ0v) is 22.5. The Bertz CT molecular complexity index is 1550. The molecule has 0 aliphatic heterocycles. The number of urea groups is 1. The Morgan fingerprint density at radius 1 is 1.18 bits per heavy atom. The van der Waals surface area contributed by atoms with Crippen molar-refractivity contribution in [2.24, 2.45) is 0 Å². The molecule has 2 atom stereocenters. The van der Waals surface area contributed by atoms with Gasteiger partial charge in [-0.25, -0.2) is 14.5 Å². The fraction of sp³-hybridized carbons (Fsp3) is 0.407. The van der Waals surface area contributed by atoms with Gasteiger partial charge in [-0.2, -0.15) is 10.1 Å². The van der Waals surface area contributed by atoms with Crippen LogP contribution in [0.15, 0.2) is 47.7 Å². The predicted molar refractivity (Wildman–Crippen MR) is 147 cm³/mol. The molecule has 198 valence electrons. The number of pyridine rings is 2. The highest BCUT2D eigenvalue weighted by atomic mass is 16.2. The summed E-state index contributed by atoms with van der Waals surface area (Å²) in [6.07, 6.45) is 5.79. The van der Waals surface area contributed by atoms with Gasteiger partial charge < -0.3 is 10.6 Å². The number of rotatable bonds is 6. The topological polar surface area (TPSA) is 132 Å². The fourth-order valence-corrected chi connectivity index (χ4v) is 4.54. The molecule has 1 aliphatic carbocycles. The van der Waals surface area contributed by atoms with Crippen LogP contribution in [-0.4, -0.2) is 48.4 Å². The van der Waals surface area contributed by atoms with Crippen LogP contribution in [0.3, 0.4) is 0 Å². The van der Waals surface area contributed by atoms with Crippen LogP contribution < -0.4 is 21.5 Å². The van der Waals surface area contributed by atoms with E-state index in [1.807, 2.05) is 38.1 Å². The summed E-state index contributed by atoms with van der Waals surface area (Å²) in [7, 11) is 1.74. The zero-order chi connectivity index (χ0) is 27.2. The number of hydrogen-bond acceptors (Lipinski definition) is 7. The van der Waals surface area contributed by atoms with Gasteiger partial charge in [0.25, 0.3) is 5.56 Å². The summed E-state index contributed by atoms with van der Waals surface area (Å²) in [6, 6.07) is 6.85. The van der Waals surface area contributed by atoms with Crippen LogP contribution in [-0.2, 0) is 5.41 Å². The summed E-state index contributed by atoms with van der Waals surface area (Å²) >= 11 is 0. The van der Waals surface area contributed by atoms with E-state index in [0.29, 0.717) is 29.4 Å². The normalized spacial score (nSPS) is 17.0. The van der Waals surface area contributed by atoms with Gasteiger partial charge in [-0.15, -0.1) is 0 Å². The SMILES string of the molecule is CNc1ncc2cc(C3CC3NC(=O)Nc3cc(C(C)(C)C)nn3-c3cccnc3)c(=O)n(C(C)C)c2n1. The molecule has 4 heterocycles. The molecule has 0 radical (unpaired) electrons. The predicted octanol–water partition coefficient (Wildman–Crippen LogP) is 3.97. The summed E-state index contributed by atoms with van der Waals surface area (Å²) in [4.78, 5) is 39.5. The van der Waals surface area contributed by atoms with Gasteiger partial charge in [-0.05, 0) is 38.5 Å². The van der Waals surface area contributed by atoms with E-state index in [1.165, 1.54) is 0 Å². The highest BCUT2D eigenvalue weighted by molar-refractivity contribution is 5.89. The second-order valence-electron chi connectivity index (χ2n) is 10.9. The average molecular weight is 516 g/mol. The summed E-state index contributed by atoms with van der Waals surface area (Å²) in [5.74, 6) is 0.921. The van der Waals surface area contributed by atoms with Gasteiger partial charge in [0.15, 0.2) is 0 Å². The second-order valence-corrected chi connectivity index (χ2v) is 10.9. The number of carbonyl (C=O) groups is 1. The van der Waals surface area contributed by atoms with Gasteiger partial charge in [-0.1, -0.05) is 20.8 Å². The minimum Gasteiger partial charge on any atom is -0.357 e. The first-order chi connectivity index (χ1) is 18.1. The largest absolute Gasteiger partial charge is 0.357 e. The number of aromatic nitrogens is 6. The summed E-state index contributed by atoms with van der Waals surface area (Å²) in [6.45, 7) is 10.1. The van der Waals surface area contributed by atoms with Crippen molar-refractivity contribution in [3.8, 4) is 5.69 Å². The lowest BCUT2D eigenvalue weighted by Crippen LogP contribution is -2.33. The molecule has 11 nitrogen and oxygen atoms in total. The molecule has 4 aromatic rings. The molecule has 38 heavy (non-hydrogen) atoms. The van der Waals surface area contributed by atoms with Crippen LogP contribution >= 0.6 is 0 Å². The maximum absolute atomic E-state index is 13.5. The molecule has 0 aromatic carbocycles. The summed E-state index contributed by atoms with van der Waals surface area (Å²) in [5, 5.41) is 14.4. The Hall–Kier alpha value is -4.28. The van der Waals surface area contributed by atoms with E-state index >= 15 is 0 Å². The first-order valence-electron chi connectivity index (χ1n) is 12.7. The van der Waals surface area contributed by atoms with Crippen LogP contribution in [0.5, 0.6) is 0 Å². The van der Waals surface area contributed by atoms with Crippen LogP contribution in [0, 0.1) is 0 Å². The van der Waals surface area contributed by atoms with E-state index in [-0.39, 0.29) is 35.0 Å². The van der Waals surface area contributed by atoms with Crippen molar-refractivity contribution >= 4 is 28.8 Å². The van der Waals surface area contributed by atoms with E-state index in [4.69, 9.17) is 5.10 Å². The molecule has 4 aromatic heterocycles. The van der Waals surface area contributed by atoms with Crippen molar-refractivity contribution < 1.29 is 4.79 Å². The number of amides is 2. The molecule has 5 rings (SSSR count). The van der Waals surface area contributed by atoms with Gasteiger partial charge >= 0.3 is 6.03 Å². The summed E-state index contributed by atoms with van der Waals surface area (Å²) in [5.41, 5.74) is 2.55. The number of fused-ring (bicyclic) bond motifs is 1. The molecule has 2 unspecified atom stereocenters. The first kappa shape index (κ1) is 25.4. The molecule has 0 saturated heterocycles. The molecule has 0 bridgehead atoms. The van der Waals surface area contributed by atoms with Gasteiger partial charge in [0.05, 0.1) is 17.6 Å². The maximum atomic E-state index is 13.5. The minimum atomic E-state index is -0.352. The van der Waals surface area contributed by atoms with Crippen LogP contribution in [0.2, 0.25) is 0 Å². The number of hydrogen-bond donors (Lipinski definition) is 3. The molecule has 1 aliphatic rings. The van der Waals surface area contributed by atoms with Gasteiger partial charge in [0, 0.05) is 59.9 Å². The Labute approximate surface area is 220 Å². The van der Waals surface area contributed by atoms with E-state index in [0.717, 1.165) is 16.8 Å². The average Bonchev–Trinajstić information content (AvgIpc) is 3.48. The van der Waals surface area contributed by atoms with Gasteiger partial charge in [0.1, 0.15) is 11.5 Å². The Kier molecular flexibility index (Phi) is 6.38. The third-order valence-electron chi connectivity index (χ3n) is 6.66. The van der Waals surface area contributed by atoms with Crippen molar-refractivity contribution in [1.29, 1.82) is 0 Å². The lowest BCUT2D eigenvalue weighted by molar-refractivity contribution is 0.251. The van der Waals surface area contributed by atoms with Crippen molar-refractivity contribution in [1.82, 2.24) is 34.6 Å². The standard InChI is InChI=1S/C27H33N9O2/c1-15(2)35-23-16(13-30-25(28-6)33-23)10-19(24(35)37)18-11-20(18)31-26(38)32-22-12-21(27(3,4)5)34-36(22)17-8-7-9-29-14-17/h7-10,12-15,18,20H,11H2,1-6H3,(H,28,30,33)(H2,31,32,38). The fourth-order valence-electron chi connectivity index (χ4n) is 4.54. The molecule has 11 heteroatoms. The van der Waals surface area contributed by atoms with Crippen molar-refractivity contribution in [3.63, 3.8) is 0 Å². The number of nitrogens with zero attached hydrogens (tertiary/aromatic N) is 6. The van der Waals surface area contributed by atoms with Crippen molar-refractivity contribution in [2.75, 3.05) is 17.7 Å². The van der Waals surface area contributed by atoms with Gasteiger partial charge in [-0.3, -0.25) is 19.7 Å². The van der Waals surface area contributed by atoms with Crippen LogP contribution in [0.25, 0.3) is 16.7 Å². The Morgan fingerprint density at radius 2 is 1.97 bits per heavy atom. The van der Waals surface area contributed by atoms with Crippen LogP contribution in [0.1, 0.15) is 64.3 Å². The lowest BCUT2D eigenvalue weighted by Gasteiger charge is -2.16. The van der Waals surface area contributed by atoms with Crippen molar-refractivity contribution in [3.05, 3.63) is 64.5 Å².